The molecule has 5 heteroatoms. The van der Waals surface area contributed by atoms with Gasteiger partial charge in [0.05, 0.1) is 12.8 Å². The van der Waals surface area contributed by atoms with Crippen LogP contribution in [0.1, 0.15) is 41.8 Å². The largest absolute Gasteiger partial charge is 0.465 e. The molecule has 2 unspecified atom stereocenters. The Balaban J connectivity index is 1.93. The van der Waals surface area contributed by atoms with E-state index in [4.69, 9.17) is 10.5 Å². The second-order valence-electron chi connectivity index (χ2n) is 5.50. The minimum Gasteiger partial charge on any atom is -0.465 e. The van der Waals surface area contributed by atoms with E-state index < -0.39 is 0 Å². The summed E-state index contributed by atoms with van der Waals surface area (Å²) in [6.07, 6.45) is 5.71. The zero-order chi connectivity index (χ0) is 13.4. The van der Waals surface area contributed by atoms with Gasteiger partial charge in [0.2, 0.25) is 0 Å². The molecule has 2 N–H and O–H groups in total. The molecule has 2 aliphatic heterocycles. The van der Waals surface area contributed by atoms with Crippen molar-refractivity contribution in [2.24, 2.45) is 5.73 Å². The van der Waals surface area contributed by atoms with Crippen molar-refractivity contribution in [1.29, 1.82) is 0 Å². The fraction of sp³-hybridized carbons (Fsp3) is 0.643. The number of ether oxygens (including phenoxy) is 1. The van der Waals surface area contributed by atoms with Crippen LogP contribution in [0.3, 0.4) is 0 Å². The van der Waals surface area contributed by atoms with E-state index in [2.05, 4.69) is 11.0 Å². The fourth-order valence-electron chi connectivity index (χ4n) is 3.57. The highest BCUT2D eigenvalue weighted by atomic mass is 32.1. The first kappa shape index (κ1) is 12.9. The lowest BCUT2D eigenvalue weighted by atomic mass is 9.81. The number of rotatable bonds is 2. The summed E-state index contributed by atoms with van der Waals surface area (Å²) < 4.78 is 4.89. The number of carbonyl (C=O) groups is 1. The molecule has 2 saturated heterocycles. The van der Waals surface area contributed by atoms with Gasteiger partial charge in [-0.1, -0.05) is 0 Å². The molecule has 2 bridgehead atoms. The Morgan fingerprint density at radius 3 is 2.74 bits per heavy atom. The third kappa shape index (κ3) is 2.25. The summed E-state index contributed by atoms with van der Waals surface area (Å²) in [6, 6.07) is 3.34. The standard InChI is InChI=1S/C14H20N2O2S/c1-18-14(17)13-12(5-6-19-13)16-10-3-2-4-11(16)8-9(15)7-10/h5-6,9-11H,2-4,7-8,15H2,1H3. The van der Waals surface area contributed by atoms with E-state index in [0.29, 0.717) is 18.1 Å². The zero-order valence-corrected chi connectivity index (χ0v) is 12.0. The predicted molar refractivity (Wildman–Crippen MR) is 76.8 cm³/mol. The van der Waals surface area contributed by atoms with Crippen molar-refractivity contribution in [3.63, 3.8) is 0 Å². The van der Waals surface area contributed by atoms with Gasteiger partial charge in [-0.3, -0.25) is 0 Å². The average molecular weight is 280 g/mol. The summed E-state index contributed by atoms with van der Waals surface area (Å²) in [5.41, 5.74) is 7.20. The van der Waals surface area contributed by atoms with Gasteiger partial charge in [-0.05, 0) is 43.6 Å². The summed E-state index contributed by atoms with van der Waals surface area (Å²) in [4.78, 5) is 15.0. The molecule has 2 fully saturated rings. The average Bonchev–Trinajstić information content (AvgIpc) is 2.85. The molecule has 1 aromatic heterocycles. The van der Waals surface area contributed by atoms with E-state index in [1.807, 2.05) is 5.38 Å². The molecule has 3 rings (SSSR count). The fourth-order valence-corrected chi connectivity index (χ4v) is 4.37. The van der Waals surface area contributed by atoms with Gasteiger partial charge in [-0.2, -0.15) is 0 Å². The number of nitrogens with zero attached hydrogens (tertiary/aromatic N) is 1. The lowest BCUT2D eigenvalue weighted by Crippen LogP contribution is -2.55. The maximum atomic E-state index is 11.9. The van der Waals surface area contributed by atoms with Crippen LogP contribution < -0.4 is 10.6 Å². The van der Waals surface area contributed by atoms with E-state index in [1.165, 1.54) is 37.7 Å². The van der Waals surface area contributed by atoms with E-state index >= 15 is 0 Å². The number of hydrogen-bond acceptors (Lipinski definition) is 5. The maximum absolute atomic E-state index is 11.9. The van der Waals surface area contributed by atoms with Crippen molar-refractivity contribution < 1.29 is 9.53 Å². The van der Waals surface area contributed by atoms with E-state index in [9.17, 15) is 4.79 Å². The third-order valence-corrected chi connectivity index (χ3v) is 5.19. The van der Waals surface area contributed by atoms with Crippen LogP contribution in [-0.4, -0.2) is 31.2 Å². The van der Waals surface area contributed by atoms with Crippen molar-refractivity contribution in [2.45, 2.75) is 50.2 Å². The number of hydrogen-bond donors (Lipinski definition) is 1. The minimum atomic E-state index is -0.224. The Labute approximate surface area is 117 Å². The van der Waals surface area contributed by atoms with Crippen LogP contribution in [-0.2, 0) is 4.74 Å². The van der Waals surface area contributed by atoms with Crippen molar-refractivity contribution >= 4 is 23.0 Å². The summed E-state index contributed by atoms with van der Waals surface area (Å²) in [5.74, 6) is -0.224. The first-order chi connectivity index (χ1) is 9.20. The Morgan fingerprint density at radius 1 is 1.42 bits per heavy atom. The van der Waals surface area contributed by atoms with Gasteiger partial charge in [0, 0.05) is 18.1 Å². The second kappa shape index (κ2) is 5.13. The first-order valence-electron chi connectivity index (χ1n) is 6.90. The molecular formula is C14H20N2O2S. The molecule has 4 nitrogen and oxygen atoms in total. The topological polar surface area (TPSA) is 55.6 Å². The minimum absolute atomic E-state index is 0.224. The quantitative estimate of drug-likeness (QED) is 0.845. The van der Waals surface area contributed by atoms with Gasteiger partial charge in [0.1, 0.15) is 4.88 Å². The normalized spacial score (nSPS) is 30.2. The molecule has 0 spiro atoms. The second-order valence-corrected chi connectivity index (χ2v) is 6.42. The van der Waals surface area contributed by atoms with Crippen LogP contribution >= 0.6 is 11.3 Å². The number of esters is 1. The number of thiophene rings is 1. The number of fused-ring (bicyclic) bond motifs is 2. The molecule has 0 aliphatic carbocycles. The van der Waals surface area contributed by atoms with Crippen LogP contribution in [0.25, 0.3) is 0 Å². The summed E-state index contributed by atoms with van der Waals surface area (Å²) in [6.45, 7) is 0. The van der Waals surface area contributed by atoms with Crippen LogP contribution in [0.4, 0.5) is 5.69 Å². The van der Waals surface area contributed by atoms with E-state index in [-0.39, 0.29) is 5.97 Å². The van der Waals surface area contributed by atoms with Crippen LogP contribution in [0, 0.1) is 0 Å². The smallest absolute Gasteiger partial charge is 0.350 e. The summed E-state index contributed by atoms with van der Waals surface area (Å²) >= 11 is 1.47. The maximum Gasteiger partial charge on any atom is 0.350 e. The molecule has 19 heavy (non-hydrogen) atoms. The van der Waals surface area contributed by atoms with Gasteiger partial charge >= 0.3 is 5.97 Å². The van der Waals surface area contributed by atoms with E-state index in [0.717, 1.165) is 23.4 Å². The number of nitrogens with two attached hydrogens (primary N) is 1. The zero-order valence-electron chi connectivity index (χ0n) is 11.2. The summed E-state index contributed by atoms with van der Waals surface area (Å²) in [7, 11) is 1.44. The van der Waals surface area contributed by atoms with Crippen LogP contribution in [0.2, 0.25) is 0 Å². The van der Waals surface area contributed by atoms with Crippen molar-refractivity contribution in [3.8, 4) is 0 Å². The predicted octanol–water partition coefficient (Wildman–Crippen LogP) is 2.38. The monoisotopic (exact) mass is 280 g/mol. The molecule has 0 amide bonds. The first-order valence-corrected chi connectivity index (χ1v) is 7.78. The van der Waals surface area contributed by atoms with Gasteiger partial charge in [0.25, 0.3) is 0 Å². The molecule has 3 heterocycles. The number of anilines is 1. The van der Waals surface area contributed by atoms with Crippen molar-refractivity contribution in [2.75, 3.05) is 12.0 Å². The Kier molecular flexibility index (Phi) is 3.50. The van der Waals surface area contributed by atoms with Crippen LogP contribution in [0.15, 0.2) is 11.4 Å². The Morgan fingerprint density at radius 2 is 2.11 bits per heavy atom. The van der Waals surface area contributed by atoms with Crippen molar-refractivity contribution in [3.05, 3.63) is 16.3 Å². The molecule has 104 valence electrons. The highest BCUT2D eigenvalue weighted by Gasteiger charge is 2.38. The number of methoxy groups -OCH3 is 1. The van der Waals surface area contributed by atoms with Crippen molar-refractivity contribution in [1.82, 2.24) is 0 Å². The van der Waals surface area contributed by atoms with Gasteiger partial charge < -0.3 is 15.4 Å². The SMILES string of the molecule is COC(=O)c1sccc1N1C2CCCC1CC(N)C2. The molecule has 2 aliphatic rings. The lowest BCUT2D eigenvalue weighted by Gasteiger charge is -2.49. The number of carbonyl (C=O) groups excluding carboxylic acids is 1. The highest BCUT2D eigenvalue weighted by Crippen LogP contribution is 2.40. The third-order valence-electron chi connectivity index (χ3n) is 4.30. The molecule has 0 saturated carbocycles. The lowest BCUT2D eigenvalue weighted by molar-refractivity contribution is 0.0606. The van der Waals surface area contributed by atoms with Gasteiger partial charge in [0.15, 0.2) is 0 Å². The summed E-state index contributed by atoms with van der Waals surface area (Å²) in [5, 5.41) is 1.98. The molecule has 2 atom stereocenters. The van der Waals surface area contributed by atoms with Gasteiger partial charge in [-0.25, -0.2) is 4.79 Å². The molecule has 0 aromatic carbocycles. The van der Waals surface area contributed by atoms with E-state index in [1.54, 1.807) is 0 Å². The number of piperidine rings is 2. The van der Waals surface area contributed by atoms with Gasteiger partial charge in [-0.15, -0.1) is 11.3 Å². The molecular weight excluding hydrogens is 260 g/mol. The molecule has 0 radical (unpaired) electrons. The highest BCUT2D eigenvalue weighted by molar-refractivity contribution is 7.12. The van der Waals surface area contributed by atoms with Crippen LogP contribution in [0.5, 0.6) is 0 Å². The Hall–Kier alpha value is -1.07. The Bertz CT molecular complexity index is 460. The molecule has 1 aromatic rings.